The van der Waals surface area contributed by atoms with Crippen LogP contribution < -0.4 is 15.5 Å². The predicted molar refractivity (Wildman–Crippen MR) is 104 cm³/mol. The van der Waals surface area contributed by atoms with Gasteiger partial charge in [0.2, 0.25) is 17.7 Å². The summed E-state index contributed by atoms with van der Waals surface area (Å²) < 4.78 is 13.4. The summed E-state index contributed by atoms with van der Waals surface area (Å²) in [7, 11) is 0. The largest absolute Gasteiger partial charge is 0.351 e. The van der Waals surface area contributed by atoms with E-state index in [0.29, 0.717) is 29.9 Å². The van der Waals surface area contributed by atoms with Crippen LogP contribution in [0.25, 0.3) is 0 Å². The van der Waals surface area contributed by atoms with Gasteiger partial charge in [-0.25, -0.2) is 4.39 Å². The fraction of sp³-hybridized carbons (Fsp3) is 0.250. The smallest absolute Gasteiger partial charge is 0.239 e. The van der Waals surface area contributed by atoms with Crippen LogP contribution in [0.2, 0.25) is 5.02 Å². The van der Waals surface area contributed by atoms with Crippen molar-refractivity contribution in [3.8, 4) is 0 Å². The second-order valence-corrected chi connectivity index (χ2v) is 6.99. The van der Waals surface area contributed by atoms with Gasteiger partial charge < -0.3 is 15.5 Å². The first-order valence-electron chi connectivity index (χ1n) is 8.75. The van der Waals surface area contributed by atoms with Crippen LogP contribution in [0.5, 0.6) is 0 Å². The van der Waals surface area contributed by atoms with Gasteiger partial charge >= 0.3 is 0 Å². The summed E-state index contributed by atoms with van der Waals surface area (Å²) in [4.78, 5) is 37.7. The highest BCUT2D eigenvalue weighted by molar-refractivity contribution is 6.30. The Bertz CT molecular complexity index is 897. The van der Waals surface area contributed by atoms with Crippen LogP contribution in [0.3, 0.4) is 0 Å². The molecule has 1 fully saturated rings. The zero-order chi connectivity index (χ0) is 20.3. The highest BCUT2D eigenvalue weighted by atomic mass is 35.5. The Hall–Kier alpha value is -2.93. The molecule has 8 heteroatoms. The summed E-state index contributed by atoms with van der Waals surface area (Å²) >= 11 is 5.80. The van der Waals surface area contributed by atoms with E-state index in [2.05, 4.69) is 10.6 Å². The number of anilines is 2. The fourth-order valence-electron chi connectivity index (χ4n) is 3.13. The standard InChI is InChI=1S/C20H19ClFN3O3/c1-12(26)24-16-2-4-17(5-3-16)25-7-6-18(20(25)28)19(27)23-11-13-8-14(21)10-15(22)9-13/h2-5,8-10,18H,6-7,11H2,1H3,(H,23,27)(H,24,26)/t18-/m1/s1. The van der Waals surface area contributed by atoms with Crippen molar-refractivity contribution < 1.29 is 18.8 Å². The van der Waals surface area contributed by atoms with Gasteiger partial charge in [-0.3, -0.25) is 14.4 Å². The van der Waals surface area contributed by atoms with Gasteiger partial charge in [0.1, 0.15) is 11.7 Å². The normalized spacial score (nSPS) is 16.2. The molecule has 3 amide bonds. The molecule has 6 nitrogen and oxygen atoms in total. The van der Waals surface area contributed by atoms with Crippen molar-refractivity contribution in [1.82, 2.24) is 5.32 Å². The number of amides is 3. The second-order valence-electron chi connectivity index (χ2n) is 6.55. The molecule has 1 aliphatic rings. The third-order valence-electron chi connectivity index (χ3n) is 4.41. The van der Waals surface area contributed by atoms with Crippen LogP contribution in [0, 0.1) is 11.7 Å². The number of halogens is 2. The highest BCUT2D eigenvalue weighted by Gasteiger charge is 2.37. The third kappa shape index (κ3) is 4.67. The van der Waals surface area contributed by atoms with Crippen molar-refractivity contribution in [3.63, 3.8) is 0 Å². The van der Waals surface area contributed by atoms with Gasteiger partial charge in [-0.1, -0.05) is 11.6 Å². The summed E-state index contributed by atoms with van der Waals surface area (Å²) in [6.07, 6.45) is 0.391. The maximum atomic E-state index is 13.4. The molecule has 0 aliphatic carbocycles. The molecule has 2 aromatic rings. The second kappa shape index (κ2) is 8.39. The quantitative estimate of drug-likeness (QED) is 0.753. The fourth-order valence-corrected chi connectivity index (χ4v) is 3.38. The van der Waals surface area contributed by atoms with E-state index in [-0.39, 0.29) is 23.4 Å². The number of hydrogen-bond acceptors (Lipinski definition) is 3. The van der Waals surface area contributed by atoms with E-state index >= 15 is 0 Å². The van der Waals surface area contributed by atoms with Crippen molar-refractivity contribution in [2.24, 2.45) is 5.92 Å². The Kier molecular flexibility index (Phi) is 5.94. The monoisotopic (exact) mass is 403 g/mol. The van der Waals surface area contributed by atoms with E-state index in [1.165, 1.54) is 19.1 Å². The van der Waals surface area contributed by atoms with Gasteiger partial charge in [0.15, 0.2) is 0 Å². The van der Waals surface area contributed by atoms with Crippen LogP contribution in [-0.4, -0.2) is 24.3 Å². The zero-order valence-electron chi connectivity index (χ0n) is 15.2. The minimum absolute atomic E-state index is 0.0888. The van der Waals surface area contributed by atoms with Gasteiger partial charge in [0.25, 0.3) is 0 Å². The van der Waals surface area contributed by atoms with E-state index in [0.717, 1.165) is 0 Å². The van der Waals surface area contributed by atoms with E-state index in [4.69, 9.17) is 11.6 Å². The highest BCUT2D eigenvalue weighted by Crippen LogP contribution is 2.26. The minimum atomic E-state index is -0.793. The predicted octanol–water partition coefficient (Wildman–Crippen LogP) is 3.11. The Morgan fingerprint density at radius 3 is 2.57 bits per heavy atom. The summed E-state index contributed by atoms with van der Waals surface area (Å²) in [6, 6.07) is 10.9. The van der Waals surface area contributed by atoms with Crippen molar-refractivity contribution in [1.29, 1.82) is 0 Å². The SMILES string of the molecule is CC(=O)Nc1ccc(N2CC[C@H](C(=O)NCc3cc(F)cc(Cl)c3)C2=O)cc1. The van der Waals surface area contributed by atoms with E-state index in [1.54, 1.807) is 35.2 Å². The van der Waals surface area contributed by atoms with Crippen LogP contribution in [0.15, 0.2) is 42.5 Å². The lowest BCUT2D eigenvalue weighted by molar-refractivity contribution is -0.132. The molecule has 2 N–H and O–H groups in total. The number of nitrogens with zero attached hydrogens (tertiary/aromatic N) is 1. The first-order chi connectivity index (χ1) is 13.3. The number of rotatable bonds is 5. The molecule has 3 rings (SSSR count). The van der Waals surface area contributed by atoms with Crippen LogP contribution in [-0.2, 0) is 20.9 Å². The van der Waals surface area contributed by atoms with Crippen LogP contribution >= 0.6 is 11.6 Å². The average Bonchev–Trinajstić information content (AvgIpc) is 3.01. The summed E-state index contributed by atoms with van der Waals surface area (Å²) in [5.41, 5.74) is 1.81. The van der Waals surface area contributed by atoms with Gasteiger partial charge in [-0.2, -0.15) is 0 Å². The maximum Gasteiger partial charge on any atom is 0.239 e. The van der Waals surface area contributed by atoms with Crippen molar-refractivity contribution in [3.05, 3.63) is 58.9 Å². The maximum absolute atomic E-state index is 13.4. The first-order valence-corrected chi connectivity index (χ1v) is 9.13. The molecular formula is C20H19ClFN3O3. The Morgan fingerprint density at radius 1 is 1.21 bits per heavy atom. The lowest BCUT2D eigenvalue weighted by Crippen LogP contribution is -2.36. The lowest BCUT2D eigenvalue weighted by Gasteiger charge is -2.17. The van der Waals surface area contributed by atoms with Crippen molar-refractivity contribution in [2.75, 3.05) is 16.8 Å². The molecule has 2 aromatic carbocycles. The molecule has 146 valence electrons. The number of nitrogens with one attached hydrogen (secondary N) is 2. The summed E-state index contributed by atoms with van der Waals surface area (Å²) in [5, 5.41) is 5.57. The molecule has 0 radical (unpaired) electrons. The topological polar surface area (TPSA) is 78.5 Å². The van der Waals surface area contributed by atoms with Crippen molar-refractivity contribution in [2.45, 2.75) is 19.9 Å². The van der Waals surface area contributed by atoms with Gasteiger partial charge in [-0.15, -0.1) is 0 Å². The zero-order valence-corrected chi connectivity index (χ0v) is 15.9. The minimum Gasteiger partial charge on any atom is -0.351 e. The van der Waals surface area contributed by atoms with E-state index in [9.17, 15) is 18.8 Å². The lowest BCUT2D eigenvalue weighted by atomic mass is 10.1. The van der Waals surface area contributed by atoms with E-state index < -0.39 is 17.6 Å². The molecule has 0 saturated carbocycles. The van der Waals surface area contributed by atoms with Crippen LogP contribution in [0.1, 0.15) is 18.9 Å². The third-order valence-corrected chi connectivity index (χ3v) is 4.63. The van der Waals surface area contributed by atoms with Crippen molar-refractivity contribution >= 4 is 40.7 Å². The van der Waals surface area contributed by atoms with Gasteiger partial charge in [0.05, 0.1) is 0 Å². The van der Waals surface area contributed by atoms with Crippen LogP contribution in [0.4, 0.5) is 15.8 Å². The number of benzene rings is 2. The molecule has 0 bridgehead atoms. The molecule has 1 atom stereocenters. The molecule has 1 heterocycles. The number of carbonyl (C=O) groups is 3. The Labute approximate surface area is 166 Å². The Balaban J connectivity index is 1.61. The molecule has 1 aliphatic heterocycles. The first kappa shape index (κ1) is 19.8. The number of hydrogen-bond donors (Lipinski definition) is 2. The number of carbonyl (C=O) groups excluding carboxylic acids is 3. The van der Waals surface area contributed by atoms with E-state index in [1.807, 2.05) is 0 Å². The average molecular weight is 404 g/mol. The Morgan fingerprint density at radius 2 is 1.93 bits per heavy atom. The molecular weight excluding hydrogens is 385 g/mol. The molecule has 0 aromatic heterocycles. The molecule has 0 unspecified atom stereocenters. The summed E-state index contributed by atoms with van der Waals surface area (Å²) in [6.45, 7) is 1.92. The molecule has 1 saturated heterocycles. The summed E-state index contributed by atoms with van der Waals surface area (Å²) in [5.74, 6) is -2.15. The molecule has 28 heavy (non-hydrogen) atoms. The van der Waals surface area contributed by atoms with Gasteiger partial charge in [0, 0.05) is 36.4 Å². The molecule has 0 spiro atoms. The van der Waals surface area contributed by atoms with Gasteiger partial charge in [-0.05, 0) is 54.4 Å².